The average Bonchev–Trinajstić information content (AvgIpc) is 2.31. The molecule has 0 aliphatic heterocycles. The first kappa shape index (κ1) is 12.3. The van der Waals surface area contributed by atoms with E-state index in [1.54, 1.807) is 17.8 Å². The molecule has 1 heterocycles. The van der Waals surface area contributed by atoms with Gasteiger partial charge in [0.15, 0.2) is 0 Å². The summed E-state index contributed by atoms with van der Waals surface area (Å²) in [6.07, 6.45) is 0. The molecule has 2 aromatic rings. The van der Waals surface area contributed by atoms with Crippen molar-refractivity contribution in [2.75, 3.05) is 5.73 Å². The van der Waals surface area contributed by atoms with E-state index in [0.717, 1.165) is 22.7 Å². The number of nitrogens with two attached hydrogens (primary N) is 1. The van der Waals surface area contributed by atoms with Gasteiger partial charge in [0.05, 0.1) is 5.69 Å². The fourth-order valence-electron chi connectivity index (χ4n) is 1.47. The van der Waals surface area contributed by atoms with Crippen molar-refractivity contribution in [2.24, 2.45) is 0 Å². The molecule has 0 aliphatic rings. The van der Waals surface area contributed by atoms with Gasteiger partial charge in [-0.3, -0.25) is 0 Å². The van der Waals surface area contributed by atoms with Crippen LogP contribution in [0.15, 0.2) is 41.3 Å². The zero-order chi connectivity index (χ0) is 12.3. The van der Waals surface area contributed by atoms with E-state index in [1.165, 1.54) is 4.90 Å². The molecule has 0 atom stereocenters. The van der Waals surface area contributed by atoms with Crippen molar-refractivity contribution < 1.29 is 0 Å². The molecule has 0 saturated heterocycles. The van der Waals surface area contributed by atoms with E-state index in [0.29, 0.717) is 5.15 Å². The van der Waals surface area contributed by atoms with Gasteiger partial charge in [-0.05, 0) is 36.8 Å². The summed E-state index contributed by atoms with van der Waals surface area (Å²) in [5, 5.41) is 0.535. The first-order valence-electron chi connectivity index (χ1n) is 5.26. The molecule has 2 nitrogen and oxygen atoms in total. The molecule has 0 radical (unpaired) electrons. The monoisotopic (exact) mass is 264 g/mol. The second-order valence-corrected chi connectivity index (χ2v) is 5.12. The van der Waals surface area contributed by atoms with E-state index in [2.05, 4.69) is 11.1 Å². The Morgan fingerprint density at radius 3 is 2.76 bits per heavy atom. The maximum Gasteiger partial charge on any atom is 0.129 e. The Morgan fingerprint density at radius 1 is 1.24 bits per heavy atom. The maximum absolute atomic E-state index is 5.86. The molecule has 1 aromatic carbocycles. The minimum Gasteiger partial charge on any atom is -0.398 e. The third-order valence-corrected chi connectivity index (χ3v) is 3.88. The van der Waals surface area contributed by atoms with Gasteiger partial charge in [-0.1, -0.05) is 23.7 Å². The third-order valence-electron chi connectivity index (χ3n) is 2.47. The van der Waals surface area contributed by atoms with Gasteiger partial charge in [-0.2, -0.15) is 0 Å². The lowest BCUT2D eigenvalue weighted by Gasteiger charge is -2.07. The smallest absolute Gasteiger partial charge is 0.129 e. The quantitative estimate of drug-likeness (QED) is 0.519. The molecular formula is C13H13ClN2S. The van der Waals surface area contributed by atoms with Gasteiger partial charge in [-0.25, -0.2) is 4.98 Å². The van der Waals surface area contributed by atoms with Crippen LogP contribution in [-0.4, -0.2) is 4.98 Å². The summed E-state index contributed by atoms with van der Waals surface area (Å²) in [6, 6.07) is 11.6. The molecular weight excluding hydrogens is 252 g/mol. The number of benzene rings is 1. The van der Waals surface area contributed by atoms with Crippen LogP contribution in [0.3, 0.4) is 0 Å². The Morgan fingerprint density at radius 2 is 2.00 bits per heavy atom. The lowest BCUT2D eigenvalue weighted by atomic mass is 10.2. The molecule has 0 amide bonds. The highest BCUT2D eigenvalue weighted by atomic mass is 35.5. The van der Waals surface area contributed by atoms with Crippen molar-refractivity contribution in [1.82, 2.24) is 4.98 Å². The van der Waals surface area contributed by atoms with Crippen molar-refractivity contribution in [3.63, 3.8) is 0 Å². The molecule has 0 fully saturated rings. The van der Waals surface area contributed by atoms with Crippen molar-refractivity contribution in [3.8, 4) is 0 Å². The number of aromatic nitrogens is 1. The number of rotatable bonds is 3. The number of halogens is 1. The Bertz CT molecular complexity index is 529. The summed E-state index contributed by atoms with van der Waals surface area (Å²) in [7, 11) is 0. The first-order chi connectivity index (χ1) is 8.16. The molecule has 0 spiro atoms. The summed E-state index contributed by atoms with van der Waals surface area (Å²) in [5.74, 6) is 0.796. The Kier molecular flexibility index (Phi) is 3.92. The average molecular weight is 265 g/mol. The predicted molar refractivity (Wildman–Crippen MR) is 74.4 cm³/mol. The van der Waals surface area contributed by atoms with Gasteiger partial charge < -0.3 is 5.73 Å². The van der Waals surface area contributed by atoms with E-state index >= 15 is 0 Å². The third kappa shape index (κ3) is 3.14. The molecule has 0 saturated carbocycles. The second-order valence-electron chi connectivity index (χ2n) is 3.71. The maximum atomic E-state index is 5.86. The molecule has 0 aliphatic carbocycles. The molecule has 1 aromatic heterocycles. The fraction of sp³-hybridized carbons (Fsp3) is 0.154. The molecule has 0 bridgehead atoms. The van der Waals surface area contributed by atoms with Crippen LogP contribution >= 0.6 is 23.4 Å². The van der Waals surface area contributed by atoms with E-state index in [-0.39, 0.29) is 0 Å². The lowest BCUT2D eigenvalue weighted by molar-refractivity contribution is 1.17. The summed E-state index contributed by atoms with van der Waals surface area (Å²) in [5.41, 5.74) is 8.79. The van der Waals surface area contributed by atoms with E-state index in [4.69, 9.17) is 17.3 Å². The molecule has 17 heavy (non-hydrogen) atoms. The Hall–Kier alpha value is -1.19. The minimum absolute atomic E-state index is 0.535. The van der Waals surface area contributed by atoms with Crippen molar-refractivity contribution in [3.05, 3.63) is 52.8 Å². The Labute approximate surface area is 110 Å². The van der Waals surface area contributed by atoms with Gasteiger partial charge in [0, 0.05) is 16.3 Å². The van der Waals surface area contributed by atoms with Gasteiger partial charge in [0.1, 0.15) is 5.15 Å². The summed E-state index contributed by atoms with van der Waals surface area (Å²) in [4.78, 5) is 5.44. The van der Waals surface area contributed by atoms with Crippen LogP contribution in [0.1, 0.15) is 11.3 Å². The SMILES string of the molecule is Cc1c(N)cccc1SCc1cccc(Cl)n1. The van der Waals surface area contributed by atoms with Crippen LogP contribution in [0.2, 0.25) is 5.15 Å². The standard InChI is InChI=1S/C13H13ClN2S/c1-9-11(15)5-3-6-12(9)17-8-10-4-2-7-13(14)16-10/h2-7H,8,15H2,1H3. The minimum atomic E-state index is 0.535. The highest BCUT2D eigenvalue weighted by Crippen LogP contribution is 2.28. The number of hydrogen-bond donors (Lipinski definition) is 1. The number of nitrogen functional groups attached to an aromatic ring is 1. The molecule has 2 rings (SSSR count). The van der Waals surface area contributed by atoms with Crippen LogP contribution in [-0.2, 0) is 5.75 Å². The largest absolute Gasteiger partial charge is 0.398 e. The first-order valence-corrected chi connectivity index (χ1v) is 6.62. The molecule has 88 valence electrons. The van der Waals surface area contributed by atoms with Gasteiger partial charge in [0.2, 0.25) is 0 Å². The number of hydrogen-bond acceptors (Lipinski definition) is 3. The Balaban J connectivity index is 2.10. The van der Waals surface area contributed by atoms with Crippen LogP contribution < -0.4 is 5.73 Å². The van der Waals surface area contributed by atoms with Crippen molar-refractivity contribution >= 4 is 29.1 Å². The van der Waals surface area contributed by atoms with Crippen LogP contribution in [0, 0.1) is 6.92 Å². The number of thioether (sulfide) groups is 1. The lowest BCUT2D eigenvalue weighted by Crippen LogP contribution is -1.92. The van der Waals surface area contributed by atoms with Crippen molar-refractivity contribution in [1.29, 1.82) is 0 Å². The van der Waals surface area contributed by atoms with Gasteiger partial charge >= 0.3 is 0 Å². The normalized spacial score (nSPS) is 10.5. The predicted octanol–water partition coefficient (Wildman–Crippen LogP) is 3.92. The van der Waals surface area contributed by atoms with E-state index < -0.39 is 0 Å². The van der Waals surface area contributed by atoms with Crippen LogP contribution in [0.4, 0.5) is 5.69 Å². The van der Waals surface area contributed by atoms with E-state index in [9.17, 15) is 0 Å². The molecule has 2 N–H and O–H groups in total. The van der Waals surface area contributed by atoms with E-state index in [1.807, 2.05) is 31.2 Å². The molecule has 4 heteroatoms. The zero-order valence-corrected chi connectivity index (χ0v) is 11.1. The van der Waals surface area contributed by atoms with Crippen molar-refractivity contribution in [2.45, 2.75) is 17.6 Å². The number of anilines is 1. The second kappa shape index (κ2) is 5.43. The van der Waals surface area contributed by atoms with Gasteiger partial charge in [0.25, 0.3) is 0 Å². The fourth-order valence-corrected chi connectivity index (χ4v) is 2.62. The summed E-state index contributed by atoms with van der Waals surface area (Å²) < 4.78 is 0. The summed E-state index contributed by atoms with van der Waals surface area (Å²) >= 11 is 7.56. The summed E-state index contributed by atoms with van der Waals surface area (Å²) in [6.45, 7) is 2.03. The number of nitrogens with zero attached hydrogens (tertiary/aromatic N) is 1. The highest BCUT2D eigenvalue weighted by molar-refractivity contribution is 7.98. The van der Waals surface area contributed by atoms with Crippen LogP contribution in [0.5, 0.6) is 0 Å². The topological polar surface area (TPSA) is 38.9 Å². The van der Waals surface area contributed by atoms with Crippen LogP contribution in [0.25, 0.3) is 0 Å². The number of pyridine rings is 1. The highest BCUT2D eigenvalue weighted by Gasteiger charge is 2.03. The molecule has 0 unspecified atom stereocenters. The zero-order valence-electron chi connectivity index (χ0n) is 9.48. The van der Waals surface area contributed by atoms with Gasteiger partial charge in [-0.15, -0.1) is 11.8 Å².